The van der Waals surface area contributed by atoms with Crippen molar-refractivity contribution in [1.29, 1.82) is 0 Å². The SMILES string of the molecule is CCC(Cl)(CCC(=O)O)c1ccc(-c2ccc([N+](=O)[O-])cc2)cc1. The van der Waals surface area contributed by atoms with Gasteiger partial charge < -0.3 is 5.11 Å². The highest BCUT2D eigenvalue weighted by atomic mass is 35.5. The zero-order valence-corrected chi connectivity index (χ0v) is 14.0. The number of hydrogen-bond donors (Lipinski definition) is 1. The van der Waals surface area contributed by atoms with Gasteiger partial charge in [0.25, 0.3) is 5.69 Å². The first-order valence-corrected chi connectivity index (χ1v) is 7.99. The number of hydrogen-bond acceptors (Lipinski definition) is 3. The summed E-state index contributed by atoms with van der Waals surface area (Å²) in [5, 5.41) is 19.6. The summed E-state index contributed by atoms with van der Waals surface area (Å²) in [5.74, 6) is -0.865. The maximum Gasteiger partial charge on any atom is 0.303 e. The Morgan fingerprint density at radius 3 is 2.04 bits per heavy atom. The fourth-order valence-corrected chi connectivity index (χ4v) is 2.79. The van der Waals surface area contributed by atoms with Gasteiger partial charge in [-0.05, 0) is 41.7 Å². The van der Waals surface area contributed by atoms with Gasteiger partial charge in [0.05, 0.1) is 9.80 Å². The summed E-state index contributed by atoms with van der Waals surface area (Å²) >= 11 is 6.61. The van der Waals surface area contributed by atoms with Crippen molar-refractivity contribution < 1.29 is 14.8 Å². The Kier molecular flexibility index (Phi) is 5.57. The Labute approximate surface area is 145 Å². The monoisotopic (exact) mass is 347 g/mol. The molecule has 0 radical (unpaired) electrons. The van der Waals surface area contributed by atoms with Crippen LogP contribution in [0.2, 0.25) is 0 Å². The maximum absolute atomic E-state index is 10.8. The third-order valence-electron chi connectivity index (χ3n) is 4.11. The van der Waals surface area contributed by atoms with Gasteiger partial charge in [0.1, 0.15) is 0 Å². The first kappa shape index (κ1) is 17.9. The molecule has 0 aliphatic carbocycles. The zero-order chi connectivity index (χ0) is 17.7. The van der Waals surface area contributed by atoms with E-state index in [4.69, 9.17) is 16.7 Å². The number of nitrogens with zero attached hydrogens (tertiary/aromatic N) is 1. The smallest absolute Gasteiger partial charge is 0.303 e. The van der Waals surface area contributed by atoms with E-state index in [0.717, 1.165) is 16.7 Å². The van der Waals surface area contributed by atoms with Crippen LogP contribution < -0.4 is 0 Å². The fourth-order valence-electron chi connectivity index (χ4n) is 2.57. The number of benzene rings is 2. The largest absolute Gasteiger partial charge is 0.481 e. The van der Waals surface area contributed by atoms with Crippen molar-refractivity contribution in [2.75, 3.05) is 0 Å². The highest BCUT2D eigenvalue weighted by Gasteiger charge is 2.28. The quantitative estimate of drug-likeness (QED) is 0.435. The maximum atomic E-state index is 10.8. The lowest BCUT2D eigenvalue weighted by molar-refractivity contribution is -0.384. The molecule has 0 heterocycles. The van der Waals surface area contributed by atoms with Crippen molar-refractivity contribution in [3.8, 4) is 11.1 Å². The number of halogens is 1. The topological polar surface area (TPSA) is 80.4 Å². The van der Waals surface area contributed by atoms with Crippen molar-refractivity contribution in [2.24, 2.45) is 0 Å². The van der Waals surface area contributed by atoms with Crippen LogP contribution in [-0.2, 0) is 9.67 Å². The molecule has 126 valence electrons. The summed E-state index contributed by atoms with van der Waals surface area (Å²) < 4.78 is 0. The summed E-state index contributed by atoms with van der Waals surface area (Å²) in [6.07, 6.45) is 0.997. The van der Waals surface area contributed by atoms with Gasteiger partial charge in [-0.2, -0.15) is 0 Å². The number of carboxylic acid groups (broad SMARTS) is 1. The first-order valence-electron chi connectivity index (χ1n) is 7.62. The Morgan fingerprint density at radius 1 is 1.12 bits per heavy atom. The molecular formula is C18H18ClNO4. The molecule has 1 N–H and O–H groups in total. The number of nitro groups is 1. The molecule has 2 rings (SSSR count). The van der Waals surface area contributed by atoms with Gasteiger partial charge in [0, 0.05) is 18.6 Å². The van der Waals surface area contributed by atoms with Gasteiger partial charge in [0.15, 0.2) is 0 Å². The second kappa shape index (κ2) is 7.45. The van der Waals surface area contributed by atoms with Crippen molar-refractivity contribution in [2.45, 2.75) is 31.1 Å². The fraction of sp³-hybridized carbons (Fsp3) is 0.278. The molecule has 2 aromatic rings. The Bertz CT molecular complexity index is 728. The lowest BCUT2D eigenvalue weighted by Crippen LogP contribution is -2.19. The predicted octanol–water partition coefficient (Wildman–Crippen LogP) is 4.97. The number of non-ortho nitro benzene ring substituents is 1. The van der Waals surface area contributed by atoms with E-state index in [0.29, 0.717) is 12.8 Å². The van der Waals surface area contributed by atoms with Crippen LogP contribution in [0.1, 0.15) is 31.7 Å². The van der Waals surface area contributed by atoms with Gasteiger partial charge in [0.2, 0.25) is 0 Å². The molecule has 0 amide bonds. The highest BCUT2D eigenvalue weighted by molar-refractivity contribution is 6.24. The van der Waals surface area contributed by atoms with Crippen LogP contribution in [0, 0.1) is 10.1 Å². The number of alkyl halides is 1. The molecular weight excluding hydrogens is 330 g/mol. The molecule has 0 aromatic heterocycles. The summed E-state index contributed by atoms with van der Waals surface area (Å²) in [7, 11) is 0. The minimum Gasteiger partial charge on any atom is -0.481 e. The van der Waals surface area contributed by atoms with E-state index in [1.54, 1.807) is 12.1 Å². The predicted molar refractivity (Wildman–Crippen MR) is 93.2 cm³/mol. The average Bonchev–Trinajstić information content (AvgIpc) is 2.60. The van der Waals surface area contributed by atoms with Crippen LogP contribution in [-0.4, -0.2) is 16.0 Å². The standard InChI is InChI=1S/C18H18ClNO4/c1-2-18(19,12-11-17(21)22)15-7-3-13(4-8-15)14-5-9-16(10-6-14)20(23)24/h3-10H,2,11-12H2,1H3,(H,21,22). The molecule has 6 heteroatoms. The van der Waals surface area contributed by atoms with Crippen LogP contribution in [0.15, 0.2) is 48.5 Å². The number of nitro benzene ring substituents is 1. The molecule has 1 unspecified atom stereocenters. The minimum absolute atomic E-state index is 0.0153. The van der Waals surface area contributed by atoms with Crippen molar-refractivity contribution >= 4 is 23.3 Å². The average molecular weight is 348 g/mol. The second-order valence-electron chi connectivity index (χ2n) is 5.59. The molecule has 0 saturated heterocycles. The van der Waals surface area contributed by atoms with Crippen LogP contribution in [0.4, 0.5) is 5.69 Å². The van der Waals surface area contributed by atoms with Gasteiger partial charge in [-0.25, -0.2) is 0 Å². The summed E-state index contributed by atoms with van der Waals surface area (Å²) in [6, 6.07) is 13.9. The third kappa shape index (κ3) is 4.11. The molecule has 0 fully saturated rings. The van der Waals surface area contributed by atoms with E-state index in [2.05, 4.69) is 0 Å². The molecule has 0 aliphatic heterocycles. The van der Waals surface area contributed by atoms with Crippen LogP contribution >= 0.6 is 11.6 Å². The number of rotatable bonds is 7. The van der Waals surface area contributed by atoms with Crippen molar-refractivity contribution in [3.05, 3.63) is 64.2 Å². The Balaban J connectivity index is 2.22. The molecule has 0 bridgehead atoms. The summed E-state index contributed by atoms with van der Waals surface area (Å²) in [4.78, 5) is 20.4. The highest BCUT2D eigenvalue weighted by Crippen LogP contribution is 2.38. The molecule has 5 nitrogen and oxygen atoms in total. The molecule has 0 spiro atoms. The van der Waals surface area contributed by atoms with Gasteiger partial charge in [-0.3, -0.25) is 14.9 Å². The second-order valence-corrected chi connectivity index (χ2v) is 6.32. The lowest BCUT2D eigenvalue weighted by Gasteiger charge is -2.25. The zero-order valence-electron chi connectivity index (χ0n) is 13.2. The van der Waals surface area contributed by atoms with Crippen LogP contribution in [0.25, 0.3) is 11.1 Å². The lowest BCUT2D eigenvalue weighted by atomic mass is 9.89. The van der Waals surface area contributed by atoms with E-state index < -0.39 is 15.8 Å². The van der Waals surface area contributed by atoms with Gasteiger partial charge in [-0.15, -0.1) is 11.6 Å². The van der Waals surface area contributed by atoms with Crippen molar-refractivity contribution in [3.63, 3.8) is 0 Å². The summed E-state index contributed by atoms with van der Waals surface area (Å²) in [5.41, 5.74) is 2.71. The first-order chi connectivity index (χ1) is 11.4. The van der Waals surface area contributed by atoms with Gasteiger partial charge >= 0.3 is 5.97 Å². The number of carboxylic acids is 1. The van der Waals surface area contributed by atoms with Crippen molar-refractivity contribution in [1.82, 2.24) is 0 Å². The third-order valence-corrected chi connectivity index (χ3v) is 4.78. The van der Waals surface area contributed by atoms with E-state index in [-0.39, 0.29) is 12.1 Å². The Morgan fingerprint density at radius 2 is 1.62 bits per heavy atom. The Hall–Kier alpha value is -2.40. The number of aliphatic carboxylic acids is 1. The van der Waals surface area contributed by atoms with E-state index in [1.165, 1.54) is 12.1 Å². The van der Waals surface area contributed by atoms with E-state index in [9.17, 15) is 14.9 Å². The van der Waals surface area contributed by atoms with Crippen LogP contribution in [0.5, 0.6) is 0 Å². The molecule has 0 saturated carbocycles. The van der Waals surface area contributed by atoms with E-state index >= 15 is 0 Å². The normalized spacial score (nSPS) is 13.2. The minimum atomic E-state index is -0.865. The molecule has 0 aliphatic rings. The van der Waals surface area contributed by atoms with E-state index in [1.807, 2.05) is 31.2 Å². The summed E-state index contributed by atoms with van der Waals surface area (Å²) in [6.45, 7) is 1.93. The van der Waals surface area contributed by atoms with Gasteiger partial charge in [-0.1, -0.05) is 31.2 Å². The molecule has 24 heavy (non-hydrogen) atoms. The van der Waals surface area contributed by atoms with Crippen LogP contribution in [0.3, 0.4) is 0 Å². The molecule has 1 atom stereocenters. The molecule has 2 aromatic carbocycles. The number of carbonyl (C=O) groups is 1.